The molecule has 1 saturated heterocycles. The summed E-state index contributed by atoms with van der Waals surface area (Å²) in [4.78, 5) is 22.5. The number of ether oxygens (including phenoxy) is 1. The van der Waals surface area contributed by atoms with Crippen molar-refractivity contribution in [1.82, 2.24) is 20.3 Å². The maximum absolute atomic E-state index is 11.9. The van der Waals surface area contributed by atoms with E-state index in [1.165, 1.54) is 10.9 Å². The number of aromatic carboxylic acids is 1. The topological polar surface area (TPSA) is 106 Å². The van der Waals surface area contributed by atoms with Gasteiger partial charge >= 0.3 is 5.97 Å². The van der Waals surface area contributed by atoms with Gasteiger partial charge in [0.15, 0.2) is 5.69 Å². The van der Waals surface area contributed by atoms with Crippen molar-refractivity contribution in [3.63, 3.8) is 0 Å². The van der Waals surface area contributed by atoms with E-state index >= 15 is 0 Å². The van der Waals surface area contributed by atoms with Crippen LogP contribution in [0.3, 0.4) is 0 Å². The van der Waals surface area contributed by atoms with Gasteiger partial charge < -0.3 is 15.2 Å². The van der Waals surface area contributed by atoms with Crippen LogP contribution >= 0.6 is 0 Å². The number of carbonyl (C=O) groups excluding carboxylic acids is 1. The molecule has 2 N–H and O–H groups in total. The Morgan fingerprint density at radius 3 is 2.95 bits per heavy atom. The Kier molecular flexibility index (Phi) is 3.52. The first-order chi connectivity index (χ1) is 8.90. The molecule has 0 aliphatic carbocycles. The van der Waals surface area contributed by atoms with E-state index in [9.17, 15) is 9.59 Å². The van der Waals surface area contributed by atoms with Gasteiger partial charge in [0.2, 0.25) is 5.91 Å². The van der Waals surface area contributed by atoms with E-state index in [0.29, 0.717) is 6.61 Å². The molecule has 1 fully saturated rings. The van der Waals surface area contributed by atoms with Crippen LogP contribution in [0.25, 0.3) is 0 Å². The van der Waals surface area contributed by atoms with Crippen LogP contribution in [-0.2, 0) is 16.1 Å². The smallest absolute Gasteiger partial charge is 0.358 e. The molecule has 1 aliphatic heterocycles. The van der Waals surface area contributed by atoms with Crippen LogP contribution in [0, 0.1) is 0 Å². The van der Waals surface area contributed by atoms with E-state index in [1.54, 1.807) is 0 Å². The van der Waals surface area contributed by atoms with E-state index in [2.05, 4.69) is 15.6 Å². The number of rotatable bonds is 4. The predicted molar refractivity (Wildman–Crippen MR) is 63.6 cm³/mol. The molecule has 2 unspecified atom stereocenters. The third kappa shape index (κ3) is 2.90. The molecule has 8 heteroatoms. The van der Waals surface area contributed by atoms with Crippen LogP contribution in [0.2, 0.25) is 0 Å². The Hall–Kier alpha value is -1.96. The summed E-state index contributed by atoms with van der Waals surface area (Å²) in [6.07, 6.45) is 1.91. The van der Waals surface area contributed by atoms with Gasteiger partial charge in [0.1, 0.15) is 6.54 Å². The van der Waals surface area contributed by atoms with Gasteiger partial charge in [-0.3, -0.25) is 4.79 Å². The van der Waals surface area contributed by atoms with Crippen LogP contribution < -0.4 is 5.32 Å². The molecular weight excluding hydrogens is 252 g/mol. The minimum Gasteiger partial charge on any atom is -0.476 e. The molecule has 0 radical (unpaired) electrons. The van der Waals surface area contributed by atoms with Gasteiger partial charge in [0.25, 0.3) is 0 Å². The number of hydrogen-bond acceptors (Lipinski definition) is 5. The Bertz CT molecular complexity index is 501. The zero-order valence-electron chi connectivity index (χ0n) is 10.8. The summed E-state index contributed by atoms with van der Waals surface area (Å²) in [5.74, 6) is -1.42. The van der Waals surface area contributed by atoms with Gasteiger partial charge in [-0.05, 0) is 20.3 Å². The number of nitrogens with zero attached hydrogens (tertiary/aromatic N) is 3. The van der Waals surface area contributed by atoms with E-state index in [4.69, 9.17) is 9.84 Å². The molecule has 1 amide bonds. The molecule has 0 bridgehead atoms. The first kappa shape index (κ1) is 13.5. The van der Waals surface area contributed by atoms with Crippen molar-refractivity contribution in [2.75, 3.05) is 6.61 Å². The summed E-state index contributed by atoms with van der Waals surface area (Å²) in [5, 5.41) is 18.6. The molecule has 2 atom stereocenters. The highest BCUT2D eigenvalue weighted by molar-refractivity contribution is 5.84. The fraction of sp³-hybridized carbons (Fsp3) is 0.636. The minimum atomic E-state index is -1.17. The lowest BCUT2D eigenvalue weighted by molar-refractivity contribution is -0.124. The highest BCUT2D eigenvalue weighted by Gasteiger charge is 2.38. The normalized spacial score (nSPS) is 26.3. The van der Waals surface area contributed by atoms with Crippen molar-refractivity contribution in [1.29, 1.82) is 0 Å². The van der Waals surface area contributed by atoms with Crippen LogP contribution in [0.5, 0.6) is 0 Å². The number of aromatic nitrogens is 3. The molecule has 0 saturated carbocycles. The van der Waals surface area contributed by atoms with Gasteiger partial charge in [-0.1, -0.05) is 5.21 Å². The molecule has 1 aromatic rings. The molecule has 2 rings (SSSR count). The molecule has 2 heterocycles. The molecule has 0 aromatic carbocycles. The first-order valence-electron chi connectivity index (χ1n) is 5.97. The summed E-state index contributed by atoms with van der Waals surface area (Å²) < 4.78 is 6.62. The molecule has 8 nitrogen and oxygen atoms in total. The van der Waals surface area contributed by atoms with Crippen molar-refractivity contribution >= 4 is 11.9 Å². The maximum atomic E-state index is 11.9. The summed E-state index contributed by atoms with van der Waals surface area (Å²) in [5.41, 5.74) is -0.579. The number of amides is 1. The second-order valence-electron chi connectivity index (χ2n) is 4.84. The Morgan fingerprint density at radius 1 is 1.68 bits per heavy atom. The first-order valence-corrected chi connectivity index (χ1v) is 5.97. The summed E-state index contributed by atoms with van der Waals surface area (Å²) >= 11 is 0. The number of hydrogen-bond donors (Lipinski definition) is 2. The average Bonchev–Trinajstić information content (AvgIpc) is 2.88. The Morgan fingerprint density at radius 2 is 2.42 bits per heavy atom. The van der Waals surface area contributed by atoms with Crippen molar-refractivity contribution in [2.24, 2.45) is 0 Å². The lowest BCUT2D eigenvalue weighted by Gasteiger charge is -2.28. The minimum absolute atomic E-state index is 0.0539. The fourth-order valence-corrected chi connectivity index (χ4v) is 1.98. The zero-order valence-corrected chi connectivity index (χ0v) is 10.8. The number of carbonyl (C=O) groups is 2. The van der Waals surface area contributed by atoms with E-state index in [0.717, 1.165) is 6.42 Å². The van der Waals surface area contributed by atoms with Crippen molar-refractivity contribution in [3.8, 4) is 0 Å². The molecule has 104 valence electrons. The van der Waals surface area contributed by atoms with E-state index in [-0.39, 0.29) is 24.2 Å². The lowest BCUT2D eigenvalue weighted by atomic mass is 9.95. The molecule has 1 aliphatic rings. The average molecular weight is 268 g/mol. The highest BCUT2D eigenvalue weighted by Crippen LogP contribution is 2.24. The van der Waals surface area contributed by atoms with Crippen LogP contribution in [0.4, 0.5) is 0 Å². The van der Waals surface area contributed by atoms with Crippen LogP contribution in [0.1, 0.15) is 30.8 Å². The van der Waals surface area contributed by atoms with Crippen LogP contribution in [0.15, 0.2) is 6.20 Å². The standard InChI is InChI=1S/C11H16N4O4/c1-7-11(2,3-4-19-7)12-9(16)6-15-5-8(10(17)18)13-14-15/h5,7H,3-4,6H2,1-2H3,(H,12,16)(H,17,18). The summed E-state index contributed by atoms with van der Waals surface area (Å²) in [6, 6.07) is 0. The van der Waals surface area contributed by atoms with E-state index in [1.807, 2.05) is 13.8 Å². The Balaban J connectivity index is 1.95. The number of nitrogens with one attached hydrogen (secondary N) is 1. The zero-order chi connectivity index (χ0) is 14.0. The highest BCUT2D eigenvalue weighted by atomic mass is 16.5. The van der Waals surface area contributed by atoms with Crippen molar-refractivity contribution < 1.29 is 19.4 Å². The largest absolute Gasteiger partial charge is 0.476 e. The second kappa shape index (κ2) is 4.96. The quantitative estimate of drug-likeness (QED) is 0.773. The molecular formula is C11H16N4O4. The van der Waals surface area contributed by atoms with Crippen LogP contribution in [-0.4, -0.2) is 50.2 Å². The lowest BCUT2D eigenvalue weighted by Crippen LogP contribution is -2.51. The van der Waals surface area contributed by atoms with Gasteiger partial charge in [0, 0.05) is 6.61 Å². The molecule has 1 aromatic heterocycles. The molecule has 0 spiro atoms. The Labute approximate surface area is 109 Å². The monoisotopic (exact) mass is 268 g/mol. The summed E-state index contributed by atoms with van der Waals surface area (Å²) in [6.45, 7) is 4.38. The number of carboxylic acids is 1. The van der Waals surface area contributed by atoms with Gasteiger partial charge in [0.05, 0.1) is 17.8 Å². The number of carboxylic acid groups (broad SMARTS) is 1. The third-order valence-electron chi connectivity index (χ3n) is 3.37. The maximum Gasteiger partial charge on any atom is 0.358 e. The third-order valence-corrected chi connectivity index (χ3v) is 3.37. The SMILES string of the molecule is CC1OCCC1(C)NC(=O)Cn1cc(C(=O)O)nn1. The fourth-order valence-electron chi connectivity index (χ4n) is 1.98. The van der Waals surface area contributed by atoms with E-state index < -0.39 is 11.5 Å². The molecule has 19 heavy (non-hydrogen) atoms. The predicted octanol–water partition coefficient (Wildman–Crippen LogP) is -0.340. The van der Waals surface area contributed by atoms with Gasteiger partial charge in [-0.25, -0.2) is 9.48 Å². The summed E-state index contributed by atoms with van der Waals surface area (Å²) in [7, 11) is 0. The van der Waals surface area contributed by atoms with Gasteiger partial charge in [-0.2, -0.15) is 0 Å². The van der Waals surface area contributed by atoms with Gasteiger partial charge in [-0.15, -0.1) is 5.10 Å². The van der Waals surface area contributed by atoms with Crippen molar-refractivity contribution in [3.05, 3.63) is 11.9 Å². The second-order valence-corrected chi connectivity index (χ2v) is 4.84. The van der Waals surface area contributed by atoms with Crippen molar-refractivity contribution in [2.45, 2.75) is 38.5 Å².